The van der Waals surface area contributed by atoms with Crippen LogP contribution in [0.4, 0.5) is 0 Å². The molecule has 9 heteroatoms. The van der Waals surface area contributed by atoms with Crippen LogP contribution >= 0.6 is 11.6 Å². The first-order valence-corrected chi connectivity index (χ1v) is 12.1. The van der Waals surface area contributed by atoms with Gasteiger partial charge in [0.1, 0.15) is 0 Å². The van der Waals surface area contributed by atoms with Crippen LogP contribution in [0.5, 0.6) is 0 Å². The molecule has 31 heavy (non-hydrogen) atoms. The van der Waals surface area contributed by atoms with Gasteiger partial charge in [0.2, 0.25) is 10.0 Å². The van der Waals surface area contributed by atoms with E-state index in [-0.39, 0.29) is 22.9 Å². The molecule has 2 heterocycles. The minimum absolute atomic E-state index is 0.0966. The maximum absolute atomic E-state index is 12.8. The van der Waals surface area contributed by atoms with E-state index in [1.807, 2.05) is 18.3 Å². The number of nitrogens with one attached hydrogen (secondary N) is 2. The molecule has 1 aromatic carbocycles. The van der Waals surface area contributed by atoms with Gasteiger partial charge in [0.25, 0.3) is 0 Å². The first-order chi connectivity index (χ1) is 14.9. The Hall–Kier alpha value is -2.13. The predicted molar refractivity (Wildman–Crippen MR) is 120 cm³/mol. The van der Waals surface area contributed by atoms with Crippen molar-refractivity contribution in [2.24, 2.45) is 0 Å². The molecule has 1 aromatic heterocycles. The second-order valence-corrected chi connectivity index (χ2v) is 9.75. The minimum Gasteiger partial charge on any atom is -0.469 e. The zero-order valence-electron chi connectivity index (χ0n) is 17.5. The highest BCUT2D eigenvalue weighted by molar-refractivity contribution is 7.89. The van der Waals surface area contributed by atoms with Crippen molar-refractivity contribution in [2.75, 3.05) is 13.7 Å². The third-order valence-electron chi connectivity index (χ3n) is 5.27. The zero-order valence-corrected chi connectivity index (χ0v) is 19.0. The number of halogens is 1. The van der Waals surface area contributed by atoms with E-state index >= 15 is 0 Å². The Morgan fingerprint density at radius 3 is 2.77 bits per heavy atom. The third kappa shape index (κ3) is 6.93. The van der Waals surface area contributed by atoms with E-state index in [1.165, 1.54) is 19.2 Å². The van der Waals surface area contributed by atoms with E-state index < -0.39 is 10.0 Å². The van der Waals surface area contributed by atoms with Gasteiger partial charge in [-0.2, -0.15) is 0 Å². The molecule has 1 aliphatic heterocycles. The summed E-state index contributed by atoms with van der Waals surface area (Å²) in [5, 5.41) is 0.495. The molecular formula is C22H28ClN3O4S. The van der Waals surface area contributed by atoms with Gasteiger partial charge in [0.15, 0.2) is 0 Å². The van der Waals surface area contributed by atoms with Crippen LogP contribution in [0.25, 0.3) is 0 Å². The molecule has 2 N–H and O–H groups in total. The van der Waals surface area contributed by atoms with Crippen LogP contribution in [-0.2, 0) is 26.1 Å². The second kappa shape index (κ2) is 10.9. The van der Waals surface area contributed by atoms with Crippen LogP contribution in [0.1, 0.15) is 31.4 Å². The molecule has 7 nitrogen and oxygen atoms in total. The Balaban J connectivity index is 1.64. The van der Waals surface area contributed by atoms with E-state index in [4.69, 9.17) is 11.6 Å². The lowest BCUT2D eigenvalue weighted by atomic mass is 10.1. The number of hydrogen-bond donors (Lipinski definition) is 2. The number of ether oxygens (including phenoxy) is 1. The molecule has 0 saturated carbocycles. The molecule has 0 spiro atoms. The number of aromatic amines is 1. The first-order valence-electron chi connectivity index (χ1n) is 10.2. The SMILES string of the molecule is COC(=O)CCC/C=C\[C@@H]1C[C@@H](NS(=O)(=O)c2ccc(Cl)cc2)CN1Cc1ccc[nH]1. The maximum Gasteiger partial charge on any atom is 0.305 e. The number of esters is 1. The molecular weight excluding hydrogens is 438 g/mol. The fourth-order valence-electron chi connectivity index (χ4n) is 3.71. The van der Waals surface area contributed by atoms with Gasteiger partial charge in [-0.1, -0.05) is 23.8 Å². The molecule has 168 valence electrons. The summed E-state index contributed by atoms with van der Waals surface area (Å²) in [6.45, 7) is 1.30. The van der Waals surface area contributed by atoms with Crippen LogP contribution in [0.3, 0.4) is 0 Å². The normalized spacial score (nSPS) is 19.8. The number of carbonyl (C=O) groups is 1. The van der Waals surface area contributed by atoms with Gasteiger partial charge < -0.3 is 9.72 Å². The highest BCUT2D eigenvalue weighted by atomic mass is 35.5. The number of nitrogens with zero attached hydrogens (tertiary/aromatic N) is 1. The van der Waals surface area contributed by atoms with Gasteiger partial charge in [0, 0.05) is 48.5 Å². The number of aromatic nitrogens is 1. The molecule has 2 aromatic rings. The number of carbonyl (C=O) groups excluding carboxylic acids is 1. The number of unbranched alkanes of at least 4 members (excludes halogenated alkanes) is 1. The van der Waals surface area contributed by atoms with Crippen LogP contribution in [0.15, 0.2) is 59.6 Å². The van der Waals surface area contributed by atoms with Crippen molar-refractivity contribution in [3.05, 3.63) is 65.5 Å². The summed E-state index contributed by atoms with van der Waals surface area (Å²) in [4.78, 5) is 16.9. The summed E-state index contributed by atoms with van der Waals surface area (Å²) in [6.07, 6.45) is 8.59. The predicted octanol–water partition coefficient (Wildman–Crippen LogP) is 3.49. The summed E-state index contributed by atoms with van der Waals surface area (Å²) in [6, 6.07) is 10.0. The lowest BCUT2D eigenvalue weighted by molar-refractivity contribution is -0.140. The van der Waals surface area contributed by atoms with Crippen LogP contribution in [0.2, 0.25) is 5.02 Å². The largest absolute Gasteiger partial charge is 0.469 e. The van der Waals surface area contributed by atoms with Crippen molar-refractivity contribution in [3.8, 4) is 0 Å². The average molecular weight is 466 g/mol. The van der Waals surface area contributed by atoms with E-state index in [0.717, 1.165) is 18.5 Å². The Labute approximate surface area is 188 Å². The number of hydrogen-bond acceptors (Lipinski definition) is 5. The first kappa shape index (κ1) is 23.5. The van der Waals surface area contributed by atoms with Crippen molar-refractivity contribution < 1.29 is 17.9 Å². The van der Waals surface area contributed by atoms with Crippen molar-refractivity contribution in [1.82, 2.24) is 14.6 Å². The minimum atomic E-state index is -3.63. The van der Waals surface area contributed by atoms with E-state index in [2.05, 4.69) is 31.5 Å². The third-order valence-corrected chi connectivity index (χ3v) is 7.06. The molecule has 1 aliphatic rings. The molecule has 3 rings (SSSR count). The van der Waals surface area contributed by atoms with E-state index in [9.17, 15) is 13.2 Å². The highest BCUT2D eigenvalue weighted by Gasteiger charge is 2.33. The van der Waals surface area contributed by atoms with E-state index in [0.29, 0.717) is 31.0 Å². The summed E-state index contributed by atoms with van der Waals surface area (Å²) < 4.78 is 33.1. The molecule has 0 unspecified atom stereocenters. The van der Waals surface area contributed by atoms with Crippen molar-refractivity contribution >= 4 is 27.6 Å². The Morgan fingerprint density at radius 1 is 1.32 bits per heavy atom. The standard InChI is InChI=1S/C22H28ClN3O4S/c1-30-22(27)8-4-2-3-7-20-14-19(16-26(20)15-18-6-5-13-24-18)25-31(28,29)21-11-9-17(23)10-12-21/h3,5-7,9-13,19-20,24-25H,2,4,8,14-16H2,1H3/b7-3-/t19-,20-/m1/s1. The van der Waals surface area contributed by atoms with Gasteiger partial charge in [-0.3, -0.25) is 9.69 Å². The van der Waals surface area contributed by atoms with Gasteiger partial charge in [-0.25, -0.2) is 13.1 Å². The monoisotopic (exact) mass is 465 g/mol. The van der Waals surface area contributed by atoms with Gasteiger partial charge in [-0.15, -0.1) is 0 Å². The van der Waals surface area contributed by atoms with Gasteiger partial charge >= 0.3 is 5.97 Å². The maximum atomic E-state index is 12.8. The zero-order chi connectivity index (χ0) is 22.3. The topological polar surface area (TPSA) is 91.5 Å². The summed E-state index contributed by atoms with van der Waals surface area (Å²) in [7, 11) is -2.24. The van der Waals surface area contributed by atoms with Gasteiger partial charge in [-0.05, 0) is 55.7 Å². The second-order valence-electron chi connectivity index (χ2n) is 7.60. The number of likely N-dealkylation sites (tertiary alicyclic amines) is 1. The molecule has 0 radical (unpaired) electrons. The summed E-state index contributed by atoms with van der Waals surface area (Å²) in [5.41, 5.74) is 1.07. The summed E-state index contributed by atoms with van der Waals surface area (Å²) in [5.74, 6) is -0.209. The molecule has 0 amide bonds. The Bertz CT molecular complexity index is 975. The fraction of sp³-hybridized carbons (Fsp3) is 0.409. The molecule has 1 saturated heterocycles. The van der Waals surface area contributed by atoms with Crippen molar-refractivity contribution in [2.45, 2.75) is 49.2 Å². The molecule has 0 aliphatic carbocycles. The smallest absolute Gasteiger partial charge is 0.305 e. The highest BCUT2D eigenvalue weighted by Crippen LogP contribution is 2.24. The fourth-order valence-corrected chi connectivity index (χ4v) is 5.07. The molecule has 2 atom stereocenters. The lowest BCUT2D eigenvalue weighted by Gasteiger charge is -2.21. The number of sulfonamides is 1. The lowest BCUT2D eigenvalue weighted by Crippen LogP contribution is -2.37. The van der Waals surface area contributed by atoms with Gasteiger partial charge in [0.05, 0.1) is 12.0 Å². The number of allylic oxidation sites excluding steroid dienone is 1. The quantitative estimate of drug-likeness (QED) is 0.318. The molecule has 0 bridgehead atoms. The Kier molecular flexibility index (Phi) is 8.31. The van der Waals surface area contributed by atoms with E-state index in [1.54, 1.807) is 12.1 Å². The number of benzene rings is 1. The number of rotatable bonds is 10. The Morgan fingerprint density at radius 2 is 2.10 bits per heavy atom. The van der Waals surface area contributed by atoms with Crippen LogP contribution in [-0.4, -0.2) is 50.0 Å². The van der Waals surface area contributed by atoms with Crippen LogP contribution in [0, 0.1) is 0 Å². The number of H-pyrrole nitrogens is 1. The van der Waals surface area contributed by atoms with Crippen molar-refractivity contribution in [3.63, 3.8) is 0 Å². The molecule has 1 fully saturated rings. The average Bonchev–Trinajstić information content (AvgIpc) is 3.38. The van der Waals surface area contributed by atoms with Crippen molar-refractivity contribution in [1.29, 1.82) is 0 Å². The van der Waals surface area contributed by atoms with Crippen LogP contribution < -0.4 is 4.72 Å². The number of methoxy groups -OCH3 is 1. The summed E-state index contributed by atoms with van der Waals surface area (Å²) >= 11 is 5.88.